The summed E-state index contributed by atoms with van der Waals surface area (Å²) in [6.07, 6.45) is 1.53. The van der Waals surface area contributed by atoms with Gasteiger partial charge in [0.15, 0.2) is 0 Å². The zero-order chi connectivity index (χ0) is 13.9. The third-order valence-corrected chi connectivity index (χ3v) is 3.11. The van der Waals surface area contributed by atoms with Gasteiger partial charge in [-0.3, -0.25) is 14.9 Å². The minimum absolute atomic E-state index is 0.00398. The van der Waals surface area contributed by atoms with Crippen molar-refractivity contribution < 1.29 is 14.8 Å². The Morgan fingerprint density at radius 2 is 2.22 bits per heavy atom. The van der Waals surface area contributed by atoms with Crippen molar-refractivity contribution in [2.24, 2.45) is 5.41 Å². The van der Waals surface area contributed by atoms with Crippen molar-refractivity contribution >= 4 is 11.7 Å². The van der Waals surface area contributed by atoms with Gasteiger partial charge in [0, 0.05) is 11.6 Å². The summed E-state index contributed by atoms with van der Waals surface area (Å²) in [6.45, 7) is 6.69. The molecule has 5 nitrogen and oxygen atoms in total. The van der Waals surface area contributed by atoms with Gasteiger partial charge in [0.05, 0.1) is 10.3 Å². The molecule has 1 rings (SSSR count). The quantitative estimate of drug-likeness (QED) is 0.494. The van der Waals surface area contributed by atoms with Gasteiger partial charge in [-0.15, -0.1) is 6.58 Å². The van der Waals surface area contributed by atoms with Crippen LogP contribution in [0.4, 0.5) is 5.69 Å². The Hall–Kier alpha value is -2.17. The van der Waals surface area contributed by atoms with Gasteiger partial charge in [0.1, 0.15) is 0 Å². The number of aliphatic carboxylic acids is 1. The number of carboxylic acid groups (broad SMARTS) is 1. The lowest BCUT2D eigenvalue weighted by molar-refractivity contribution is -0.385. The second-order valence-corrected chi connectivity index (χ2v) is 4.42. The van der Waals surface area contributed by atoms with E-state index in [9.17, 15) is 14.9 Å². The van der Waals surface area contributed by atoms with Gasteiger partial charge in [0.2, 0.25) is 0 Å². The molecule has 0 aliphatic carbocycles. The van der Waals surface area contributed by atoms with Gasteiger partial charge in [-0.25, -0.2) is 0 Å². The molecule has 0 aromatic heterocycles. The Kier molecular flexibility index (Phi) is 3.86. The summed E-state index contributed by atoms with van der Waals surface area (Å²) in [5.41, 5.74) is 0.0232. The van der Waals surface area contributed by atoms with E-state index in [0.717, 1.165) is 0 Å². The SMILES string of the molecule is C=CC(C)(Cc1cccc([N+](=O)[O-])c1C)C(=O)O. The van der Waals surface area contributed by atoms with Crippen molar-refractivity contribution in [2.45, 2.75) is 20.3 Å². The average molecular weight is 249 g/mol. The molecule has 1 aromatic carbocycles. The molecular formula is C13H15NO4. The molecule has 1 atom stereocenters. The Bertz CT molecular complexity index is 510. The maximum Gasteiger partial charge on any atom is 0.313 e. The van der Waals surface area contributed by atoms with Gasteiger partial charge in [-0.1, -0.05) is 18.2 Å². The molecule has 1 N–H and O–H groups in total. The summed E-state index contributed by atoms with van der Waals surface area (Å²) >= 11 is 0. The lowest BCUT2D eigenvalue weighted by Crippen LogP contribution is -2.27. The molecule has 0 bridgehead atoms. The minimum Gasteiger partial charge on any atom is -0.481 e. The molecule has 5 heteroatoms. The van der Waals surface area contributed by atoms with Crippen LogP contribution in [-0.4, -0.2) is 16.0 Å². The topological polar surface area (TPSA) is 80.4 Å². The molecule has 0 radical (unpaired) electrons. The largest absolute Gasteiger partial charge is 0.481 e. The number of rotatable bonds is 5. The van der Waals surface area contributed by atoms with Crippen LogP contribution in [0.2, 0.25) is 0 Å². The first kappa shape index (κ1) is 13.9. The number of hydrogen-bond acceptors (Lipinski definition) is 3. The van der Waals surface area contributed by atoms with Crippen LogP contribution in [0.1, 0.15) is 18.1 Å². The first-order valence-corrected chi connectivity index (χ1v) is 5.41. The zero-order valence-corrected chi connectivity index (χ0v) is 10.3. The van der Waals surface area contributed by atoms with Crippen LogP contribution in [0.15, 0.2) is 30.9 Å². The second-order valence-electron chi connectivity index (χ2n) is 4.42. The molecule has 0 heterocycles. The Morgan fingerprint density at radius 3 is 2.67 bits per heavy atom. The maximum absolute atomic E-state index is 11.2. The number of nitro groups is 1. The lowest BCUT2D eigenvalue weighted by Gasteiger charge is -2.21. The highest BCUT2D eigenvalue weighted by molar-refractivity contribution is 5.77. The average Bonchev–Trinajstić information content (AvgIpc) is 2.31. The summed E-state index contributed by atoms with van der Waals surface area (Å²) < 4.78 is 0. The number of benzene rings is 1. The Labute approximate surface area is 105 Å². The molecule has 1 unspecified atom stereocenters. The van der Waals surface area contributed by atoms with Crippen LogP contribution < -0.4 is 0 Å². The van der Waals surface area contributed by atoms with E-state index >= 15 is 0 Å². The highest BCUT2D eigenvalue weighted by atomic mass is 16.6. The fourth-order valence-electron chi connectivity index (χ4n) is 1.69. The van der Waals surface area contributed by atoms with Crippen LogP contribution in [-0.2, 0) is 11.2 Å². The van der Waals surface area contributed by atoms with E-state index in [1.54, 1.807) is 26.0 Å². The van der Waals surface area contributed by atoms with Crippen molar-refractivity contribution in [1.29, 1.82) is 0 Å². The van der Waals surface area contributed by atoms with E-state index in [1.807, 2.05) is 0 Å². The number of nitro benzene ring substituents is 1. The third-order valence-electron chi connectivity index (χ3n) is 3.11. The molecule has 0 saturated carbocycles. The van der Waals surface area contributed by atoms with E-state index in [1.165, 1.54) is 12.1 Å². The van der Waals surface area contributed by atoms with Crippen LogP contribution >= 0.6 is 0 Å². The van der Waals surface area contributed by atoms with Crippen LogP contribution in [0, 0.1) is 22.5 Å². The molecule has 0 amide bonds. The van der Waals surface area contributed by atoms with E-state index in [-0.39, 0.29) is 12.1 Å². The number of hydrogen-bond donors (Lipinski definition) is 1. The molecule has 0 aliphatic rings. The smallest absolute Gasteiger partial charge is 0.313 e. The van der Waals surface area contributed by atoms with Crippen molar-refractivity contribution in [1.82, 2.24) is 0 Å². The summed E-state index contributed by atoms with van der Waals surface area (Å²) in [5, 5.41) is 20.0. The molecular weight excluding hydrogens is 234 g/mol. The van der Waals surface area contributed by atoms with Gasteiger partial charge < -0.3 is 5.11 Å². The van der Waals surface area contributed by atoms with Crippen molar-refractivity contribution in [3.8, 4) is 0 Å². The number of carbonyl (C=O) groups is 1. The van der Waals surface area contributed by atoms with Crippen LogP contribution in [0.3, 0.4) is 0 Å². The number of nitrogens with zero attached hydrogens (tertiary/aromatic N) is 1. The van der Waals surface area contributed by atoms with E-state index in [4.69, 9.17) is 5.11 Å². The molecule has 18 heavy (non-hydrogen) atoms. The van der Waals surface area contributed by atoms with Crippen molar-refractivity contribution in [3.05, 3.63) is 52.1 Å². The van der Waals surface area contributed by atoms with Gasteiger partial charge in [-0.2, -0.15) is 0 Å². The molecule has 0 fully saturated rings. The fourth-order valence-corrected chi connectivity index (χ4v) is 1.69. The predicted molar refractivity (Wildman–Crippen MR) is 67.5 cm³/mol. The predicted octanol–water partition coefficient (Wildman–Crippen LogP) is 2.72. The molecule has 1 aromatic rings. The van der Waals surface area contributed by atoms with Gasteiger partial charge in [0.25, 0.3) is 5.69 Å². The minimum atomic E-state index is -1.13. The van der Waals surface area contributed by atoms with Crippen molar-refractivity contribution in [3.63, 3.8) is 0 Å². The van der Waals surface area contributed by atoms with E-state index in [0.29, 0.717) is 11.1 Å². The van der Waals surface area contributed by atoms with E-state index in [2.05, 4.69) is 6.58 Å². The van der Waals surface area contributed by atoms with Crippen LogP contribution in [0.5, 0.6) is 0 Å². The standard InChI is InChI=1S/C13H15NO4/c1-4-13(3,12(15)16)8-10-6-5-7-11(9(10)2)14(17)18/h4-7H,1,8H2,2-3H3,(H,15,16). The zero-order valence-electron chi connectivity index (χ0n) is 10.3. The molecule has 0 aliphatic heterocycles. The van der Waals surface area contributed by atoms with Gasteiger partial charge >= 0.3 is 5.97 Å². The fraction of sp³-hybridized carbons (Fsp3) is 0.308. The van der Waals surface area contributed by atoms with Gasteiger partial charge in [-0.05, 0) is 25.8 Å². The number of carboxylic acids is 1. The Morgan fingerprint density at radius 1 is 1.61 bits per heavy atom. The van der Waals surface area contributed by atoms with Crippen molar-refractivity contribution in [2.75, 3.05) is 0 Å². The summed E-state index contributed by atoms with van der Waals surface area (Å²) in [5.74, 6) is -0.997. The van der Waals surface area contributed by atoms with Crippen LogP contribution in [0.25, 0.3) is 0 Å². The second kappa shape index (κ2) is 5.00. The molecule has 0 spiro atoms. The summed E-state index contributed by atoms with van der Waals surface area (Å²) in [7, 11) is 0. The highest BCUT2D eigenvalue weighted by Gasteiger charge is 2.31. The monoisotopic (exact) mass is 249 g/mol. The Balaban J connectivity index is 3.20. The lowest BCUT2D eigenvalue weighted by atomic mass is 9.82. The first-order valence-electron chi connectivity index (χ1n) is 5.41. The third kappa shape index (κ3) is 2.56. The highest BCUT2D eigenvalue weighted by Crippen LogP contribution is 2.29. The summed E-state index contributed by atoms with van der Waals surface area (Å²) in [6, 6.07) is 4.67. The van der Waals surface area contributed by atoms with E-state index < -0.39 is 16.3 Å². The maximum atomic E-state index is 11.2. The first-order chi connectivity index (χ1) is 8.31. The normalized spacial score (nSPS) is 13.7. The summed E-state index contributed by atoms with van der Waals surface area (Å²) in [4.78, 5) is 21.5. The molecule has 0 saturated heterocycles. The molecule has 96 valence electrons.